The number of piperazine rings is 1. The van der Waals surface area contributed by atoms with Gasteiger partial charge in [0.05, 0.1) is 5.56 Å². The van der Waals surface area contributed by atoms with E-state index < -0.39 is 0 Å². The van der Waals surface area contributed by atoms with Crippen molar-refractivity contribution in [2.75, 3.05) is 31.1 Å². The highest BCUT2D eigenvalue weighted by Gasteiger charge is 2.29. The Hall–Kier alpha value is -3.74. The van der Waals surface area contributed by atoms with Crippen LogP contribution in [0.15, 0.2) is 67.0 Å². The summed E-state index contributed by atoms with van der Waals surface area (Å²) >= 11 is 0. The molecule has 2 aliphatic heterocycles. The van der Waals surface area contributed by atoms with Crippen LogP contribution >= 0.6 is 0 Å². The molecule has 0 N–H and O–H groups in total. The molecule has 0 aliphatic carbocycles. The maximum atomic E-state index is 13.1. The second kappa shape index (κ2) is 8.18. The molecule has 3 aromatic rings. The molecule has 1 aromatic heterocycles. The number of anilines is 1. The monoisotopic (exact) mass is 414 g/mol. The highest BCUT2D eigenvalue weighted by atomic mass is 16.5. The Balaban J connectivity index is 1.31. The van der Waals surface area contributed by atoms with E-state index in [9.17, 15) is 9.59 Å². The van der Waals surface area contributed by atoms with Gasteiger partial charge in [0.25, 0.3) is 5.91 Å². The van der Waals surface area contributed by atoms with Crippen molar-refractivity contribution >= 4 is 17.8 Å². The van der Waals surface area contributed by atoms with Crippen LogP contribution in [0.25, 0.3) is 0 Å². The predicted octanol–water partition coefficient (Wildman–Crippen LogP) is 2.89. The van der Waals surface area contributed by atoms with E-state index in [4.69, 9.17) is 4.74 Å². The van der Waals surface area contributed by atoms with E-state index >= 15 is 0 Å². The molecule has 1 atom stereocenters. The number of benzene rings is 2. The highest BCUT2D eigenvalue weighted by molar-refractivity contribution is 5.98. The summed E-state index contributed by atoms with van der Waals surface area (Å²) in [6, 6.07) is 16.8. The fourth-order valence-corrected chi connectivity index (χ4v) is 4.13. The fraction of sp³-hybridized carbons (Fsp3) is 0.250. The smallest absolute Gasteiger partial charge is 0.339 e. The predicted molar refractivity (Wildman–Crippen MR) is 115 cm³/mol. The minimum atomic E-state index is -0.342. The molecule has 1 amide bonds. The van der Waals surface area contributed by atoms with Crippen LogP contribution in [-0.4, -0.2) is 52.9 Å². The number of rotatable bonds is 3. The summed E-state index contributed by atoms with van der Waals surface area (Å²) in [6.45, 7) is 2.57. The molecule has 156 valence electrons. The number of hydrogen-bond donors (Lipinski definition) is 0. The second-order valence-electron chi connectivity index (χ2n) is 7.71. The van der Waals surface area contributed by atoms with Gasteiger partial charge < -0.3 is 14.5 Å². The number of fused-ring (bicyclic) bond motifs is 1. The van der Waals surface area contributed by atoms with Gasteiger partial charge in [-0.15, -0.1) is 0 Å². The topological polar surface area (TPSA) is 75.6 Å². The van der Waals surface area contributed by atoms with E-state index in [1.165, 1.54) is 0 Å². The SMILES string of the molecule is O=C1O[C@H](c2ccccc2)Cc2cc(C(=O)N3CCN(c4ncccn4)CC3)ccc21. The van der Waals surface area contributed by atoms with Crippen LogP contribution in [0.2, 0.25) is 0 Å². The van der Waals surface area contributed by atoms with Crippen molar-refractivity contribution in [1.29, 1.82) is 0 Å². The molecule has 3 heterocycles. The van der Waals surface area contributed by atoms with E-state index in [-0.39, 0.29) is 18.0 Å². The van der Waals surface area contributed by atoms with Gasteiger partial charge in [-0.3, -0.25) is 4.79 Å². The van der Waals surface area contributed by atoms with Crippen LogP contribution in [-0.2, 0) is 11.2 Å². The first kappa shape index (κ1) is 19.2. The summed E-state index contributed by atoms with van der Waals surface area (Å²) < 4.78 is 5.62. The summed E-state index contributed by atoms with van der Waals surface area (Å²) in [7, 11) is 0. The summed E-state index contributed by atoms with van der Waals surface area (Å²) in [6.07, 6.45) is 3.67. The van der Waals surface area contributed by atoms with Crippen molar-refractivity contribution < 1.29 is 14.3 Å². The van der Waals surface area contributed by atoms with E-state index in [1.807, 2.05) is 41.3 Å². The molecule has 0 bridgehead atoms. The highest BCUT2D eigenvalue weighted by Crippen LogP contribution is 2.31. The molecule has 2 aromatic carbocycles. The third-order valence-electron chi connectivity index (χ3n) is 5.80. The van der Waals surface area contributed by atoms with E-state index in [2.05, 4.69) is 14.9 Å². The van der Waals surface area contributed by atoms with E-state index in [1.54, 1.807) is 30.6 Å². The Morgan fingerprint density at radius 3 is 2.42 bits per heavy atom. The number of carbonyl (C=O) groups is 2. The number of carbonyl (C=O) groups excluding carboxylic acids is 2. The van der Waals surface area contributed by atoms with Crippen molar-refractivity contribution in [1.82, 2.24) is 14.9 Å². The molecular formula is C24H22N4O3. The Labute approximate surface area is 180 Å². The lowest BCUT2D eigenvalue weighted by molar-refractivity contribution is 0.0252. The lowest BCUT2D eigenvalue weighted by Crippen LogP contribution is -2.49. The number of ether oxygens (including phenoxy) is 1. The first-order chi connectivity index (χ1) is 15.2. The summed E-state index contributed by atoms with van der Waals surface area (Å²) in [4.78, 5) is 38.1. The maximum Gasteiger partial charge on any atom is 0.339 e. The minimum absolute atomic E-state index is 0.0216. The van der Waals surface area contributed by atoms with Crippen molar-refractivity contribution in [3.63, 3.8) is 0 Å². The fourth-order valence-electron chi connectivity index (χ4n) is 4.13. The van der Waals surface area contributed by atoms with Gasteiger partial charge in [0, 0.05) is 50.6 Å². The summed E-state index contributed by atoms with van der Waals surface area (Å²) in [5.74, 6) is 0.325. The Kier molecular flexibility index (Phi) is 5.08. The van der Waals surface area contributed by atoms with Gasteiger partial charge in [0.2, 0.25) is 5.95 Å². The number of aromatic nitrogens is 2. The van der Waals surface area contributed by atoms with Crippen LogP contribution in [0.1, 0.15) is 37.9 Å². The molecule has 5 rings (SSSR count). The first-order valence-electron chi connectivity index (χ1n) is 10.4. The standard InChI is InChI=1S/C24H22N4O3/c29-22(27-11-13-28(14-12-27)24-25-9-4-10-26-24)18-7-8-20-19(15-18)16-21(31-23(20)30)17-5-2-1-3-6-17/h1-10,15,21H,11-14,16H2/t21-/m0/s1. The van der Waals surface area contributed by atoms with Gasteiger partial charge in [0.1, 0.15) is 6.10 Å². The van der Waals surface area contributed by atoms with Crippen LogP contribution in [0.4, 0.5) is 5.95 Å². The van der Waals surface area contributed by atoms with Crippen molar-refractivity contribution in [3.8, 4) is 0 Å². The molecule has 2 aliphatic rings. The normalized spacial score (nSPS) is 18.3. The maximum absolute atomic E-state index is 13.1. The third-order valence-corrected chi connectivity index (χ3v) is 5.80. The molecule has 1 fully saturated rings. The van der Waals surface area contributed by atoms with Crippen LogP contribution in [0, 0.1) is 0 Å². The van der Waals surface area contributed by atoms with Crippen molar-refractivity contribution in [3.05, 3.63) is 89.2 Å². The largest absolute Gasteiger partial charge is 0.454 e. The average molecular weight is 414 g/mol. The number of amides is 1. The lowest BCUT2D eigenvalue weighted by atomic mass is 9.93. The molecule has 0 radical (unpaired) electrons. The van der Waals surface area contributed by atoms with Gasteiger partial charge in [-0.25, -0.2) is 14.8 Å². The number of nitrogens with zero attached hydrogens (tertiary/aromatic N) is 4. The van der Waals surface area contributed by atoms with E-state index in [0.29, 0.717) is 49.7 Å². The quantitative estimate of drug-likeness (QED) is 0.614. The molecule has 0 spiro atoms. The third kappa shape index (κ3) is 3.86. The molecule has 7 nitrogen and oxygen atoms in total. The van der Waals surface area contributed by atoms with E-state index in [0.717, 1.165) is 11.1 Å². The van der Waals surface area contributed by atoms with Crippen molar-refractivity contribution in [2.24, 2.45) is 0 Å². The number of esters is 1. The summed E-state index contributed by atoms with van der Waals surface area (Å²) in [5.41, 5.74) is 2.95. The molecule has 7 heteroatoms. The summed E-state index contributed by atoms with van der Waals surface area (Å²) in [5, 5.41) is 0. The first-order valence-corrected chi connectivity index (χ1v) is 10.4. The number of hydrogen-bond acceptors (Lipinski definition) is 6. The molecule has 0 unspecified atom stereocenters. The Morgan fingerprint density at radius 2 is 1.68 bits per heavy atom. The van der Waals surface area contributed by atoms with Crippen LogP contribution in [0.3, 0.4) is 0 Å². The number of cyclic esters (lactones) is 1. The van der Waals surface area contributed by atoms with Gasteiger partial charge >= 0.3 is 5.97 Å². The van der Waals surface area contributed by atoms with Crippen molar-refractivity contribution in [2.45, 2.75) is 12.5 Å². The zero-order chi connectivity index (χ0) is 21.2. The molecule has 31 heavy (non-hydrogen) atoms. The van der Waals surface area contributed by atoms with Gasteiger partial charge in [-0.1, -0.05) is 30.3 Å². The zero-order valence-electron chi connectivity index (χ0n) is 17.0. The average Bonchev–Trinajstić information content (AvgIpc) is 2.84. The molecular weight excluding hydrogens is 392 g/mol. The van der Waals surface area contributed by atoms with Gasteiger partial charge in [-0.2, -0.15) is 0 Å². The Morgan fingerprint density at radius 1 is 0.935 bits per heavy atom. The second-order valence-corrected chi connectivity index (χ2v) is 7.71. The zero-order valence-corrected chi connectivity index (χ0v) is 17.0. The van der Waals surface area contributed by atoms with Gasteiger partial charge in [0.15, 0.2) is 0 Å². The van der Waals surface area contributed by atoms with Gasteiger partial charge in [-0.05, 0) is 35.4 Å². The molecule has 1 saturated heterocycles. The minimum Gasteiger partial charge on any atom is -0.454 e. The van der Waals surface area contributed by atoms with Crippen LogP contribution in [0.5, 0.6) is 0 Å². The Bertz CT molecular complexity index is 1100. The molecule has 0 saturated carbocycles. The lowest BCUT2D eigenvalue weighted by Gasteiger charge is -2.35. The van der Waals surface area contributed by atoms with Crippen LogP contribution < -0.4 is 4.90 Å².